The summed E-state index contributed by atoms with van der Waals surface area (Å²) in [5, 5.41) is 10.2. The van der Waals surface area contributed by atoms with Crippen LogP contribution in [0, 0.1) is 0 Å². The van der Waals surface area contributed by atoms with Crippen LogP contribution in [0.15, 0.2) is 33.6 Å². The lowest BCUT2D eigenvalue weighted by Crippen LogP contribution is -2.09. The largest absolute Gasteiger partial charge is 0.407 e. The number of rotatable bonds is 5. The van der Waals surface area contributed by atoms with Gasteiger partial charge in [0, 0.05) is 11.3 Å². The highest BCUT2D eigenvalue weighted by Crippen LogP contribution is 2.17. The third-order valence-corrected chi connectivity index (χ3v) is 3.29. The zero-order chi connectivity index (χ0) is 13.7. The minimum atomic E-state index is -0.139. The Morgan fingerprint density at radius 2 is 2.05 bits per heavy atom. The van der Waals surface area contributed by atoms with Crippen molar-refractivity contribution in [2.24, 2.45) is 0 Å². The van der Waals surface area contributed by atoms with Crippen LogP contribution in [0.5, 0.6) is 0 Å². The van der Waals surface area contributed by atoms with E-state index < -0.39 is 0 Å². The first-order valence-electron chi connectivity index (χ1n) is 5.96. The number of nitrogens with zero attached hydrogens (tertiary/aromatic N) is 2. The number of thioether (sulfide) groups is 1. The summed E-state index contributed by atoms with van der Waals surface area (Å²) in [6.45, 7) is 1.76. The van der Waals surface area contributed by atoms with Gasteiger partial charge in [-0.05, 0) is 24.0 Å². The quantitative estimate of drug-likeness (QED) is 0.851. The molecule has 6 heteroatoms. The molecule has 0 bridgehead atoms. The van der Waals surface area contributed by atoms with Gasteiger partial charge in [0.2, 0.25) is 11.8 Å². The Morgan fingerprint density at radius 1 is 1.32 bits per heavy atom. The van der Waals surface area contributed by atoms with Crippen molar-refractivity contribution >= 4 is 23.7 Å². The van der Waals surface area contributed by atoms with Gasteiger partial charge in [-0.1, -0.05) is 24.2 Å². The summed E-state index contributed by atoms with van der Waals surface area (Å²) in [5.41, 5.74) is 1.09. The van der Waals surface area contributed by atoms with Gasteiger partial charge >= 0.3 is 6.01 Å². The predicted molar refractivity (Wildman–Crippen MR) is 74.2 cm³/mol. The first kappa shape index (κ1) is 13.6. The van der Waals surface area contributed by atoms with Crippen LogP contribution in [0.1, 0.15) is 24.8 Å². The second-order valence-corrected chi connectivity index (χ2v) is 4.81. The topological polar surface area (TPSA) is 68.0 Å². The number of benzene rings is 1. The van der Waals surface area contributed by atoms with Gasteiger partial charge in [-0.2, -0.15) is 0 Å². The third kappa shape index (κ3) is 3.82. The number of carbonyl (C=O) groups is 1. The Labute approximate surface area is 115 Å². The maximum atomic E-state index is 11.2. The highest BCUT2D eigenvalue weighted by molar-refractivity contribution is 7.98. The van der Waals surface area contributed by atoms with E-state index in [1.165, 1.54) is 4.90 Å². The molecule has 0 fully saturated rings. The van der Waals surface area contributed by atoms with Crippen molar-refractivity contribution in [1.82, 2.24) is 10.2 Å². The molecular weight excluding hydrogens is 262 g/mol. The minimum absolute atomic E-state index is 0.139. The molecule has 0 aliphatic heterocycles. The average Bonchev–Trinajstić information content (AvgIpc) is 2.86. The van der Waals surface area contributed by atoms with E-state index in [1.807, 2.05) is 18.4 Å². The molecule has 0 unspecified atom stereocenters. The normalized spacial score (nSPS) is 10.4. The fraction of sp³-hybridized carbons (Fsp3) is 0.308. The smallest absolute Gasteiger partial charge is 0.322 e. The summed E-state index contributed by atoms with van der Waals surface area (Å²) < 4.78 is 5.36. The molecule has 100 valence electrons. The van der Waals surface area contributed by atoms with E-state index in [9.17, 15) is 4.79 Å². The molecule has 2 rings (SSSR count). The third-order valence-electron chi connectivity index (χ3n) is 2.55. The minimum Gasteiger partial charge on any atom is -0.407 e. The zero-order valence-corrected chi connectivity index (χ0v) is 11.7. The molecule has 1 N–H and O–H groups in total. The molecule has 1 amide bonds. The second-order valence-electron chi connectivity index (χ2n) is 3.93. The molecule has 0 spiro atoms. The van der Waals surface area contributed by atoms with Gasteiger partial charge in [-0.3, -0.25) is 10.1 Å². The lowest BCUT2D eigenvalue weighted by Gasteiger charge is -1.99. The standard InChI is InChI=1S/C13H15N3O2S/c1-3-11(17)14-13-16-15-12(18-13)8-9-4-6-10(19-2)7-5-9/h4-7H,3,8H2,1-2H3,(H,14,16,17). The van der Waals surface area contributed by atoms with Gasteiger partial charge in [0.05, 0.1) is 6.42 Å². The summed E-state index contributed by atoms with van der Waals surface area (Å²) in [5.74, 6) is 0.350. The maximum absolute atomic E-state index is 11.2. The molecule has 5 nitrogen and oxygen atoms in total. The van der Waals surface area contributed by atoms with Gasteiger partial charge in [0.1, 0.15) is 0 Å². The molecule has 0 saturated carbocycles. The van der Waals surface area contributed by atoms with Crippen molar-refractivity contribution < 1.29 is 9.21 Å². The van der Waals surface area contributed by atoms with E-state index >= 15 is 0 Å². The van der Waals surface area contributed by atoms with Crippen LogP contribution >= 0.6 is 11.8 Å². The molecule has 0 radical (unpaired) electrons. The number of carbonyl (C=O) groups excluding carboxylic acids is 1. The average molecular weight is 277 g/mol. The molecule has 0 saturated heterocycles. The van der Waals surface area contributed by atoms with E-state index in [4.69, 9.17) is 4.42 Å². The van der Waals surface area contributed by atoms with E-state index in [2.05, 4.69) is 27.6 Å². The lowest BCUT2D eigenvalue weighted by atomic mass is 10.1. The van der Waals surface area contributed by atoms with Gasteiger partial charge in [-0.25, -0.2) is 0 Å². The van der Waals surface area contributed by atoms with E-state index in [0.717, 1.165) is 5.56 Å². The second kappa shape index (κ2) is 6.38. The highest BCUT2D eigenvalue weighted by Gasteiger charge is 2.09. The highest BCUT2D eigenvalue weighted by atomic mass is 32.2. The Balaban J connectivity index is 2.00. The van der Waals surface area contributed by atoms with Crippen LogP contribution < -0.4 is 5.32 Å². The van der Waals surface area contributed by atoms with E-state index in [-0.39, 0.29) is 11.9 Å². The van der Waals surface area contributed by atoms with Crippen LogP contribution in [-0.2, 0) is 11.2 Å². The summed E-state index contributed by atoms with van der Waals surface area (Å²) >= 11 is 1.70. The zero-order valence-electron chi connectivity index (χ0n) is 10.8. The summed E-state index contributed by atoms with van der Waals surface area (Å²) in [4.78, 5) is 12.4. The Hall–Kier alpha value is -1.82. The maximum Gasteiger partial charge on any atom is 0.322 e. The molecule has 0 aliphatic carbocycles. The predicted octanol–water partition coefficient (Wildman–Crippen LogP) is 2.73. The van der Waals surface area contributed by atoms with Crippen molar-refractivity contribution in [3.8, 4) is 0 Å². The molecule has 2 aromatic rings. The molecule has 19 heavy (non-hydrogen) atoms. The number of nitrogens with one attached hydrogen (secondary N) is 1. The summed E-state index contributed by atoms with van der Waals surface area (Å²) in [7, 11) is 0. The van der Waals surface area contributed by atoms with Crippen LogP contribution in [0.2, 0.25) is 0 Å². The van der Waals surface area contributed by atoms with Crippen molar-refractivity contribution in [3.05, 3.63) is 35.7 Å². The Bertz CT molecular complexity index is 551. The van der Waals surface area contributed by atoms with Gasteiger partial charge in [0.15, 0.2) is 0 Å². The number of aromatic nitrogens is 2. The Morgan fingerprint density at radius 3 is 2.68 bits per heavy atom. The molecular formula is C13H15N3O2S. The van der Waals surface area contributed by atoms with Gasteiger partial charge < -0.3 is 4.42 Å². The summed E-state index contributed by atoms with van der Waals surface area (Å²) in [6.07, 6.45) is 2.98. The number of amides is 1. The van der Waals surface area contributed by atoms with Crippen molar-refractivity contribution in [3.63, 3.8) is 0 Å². The van der Waals surface area contributed by atoms with E-state index in [0.29, 0.717) is 18.7 Å². The monoisotopic (exact) mass is 277 g/mol. The molecule has 0 aliphatic rings. The van der Waals surface area contributed by atoms with Crippen molar-refractivity contribution in [1.29, 1.82) is 0 Å². The van der Waals surface area contributed by atoms with Crippen LogP contribution in [0.3, 0.4) is 0 Å². The fourth-order valence-corrected chi connectivity index (χ4v) is 1.91. The lowest BCUT2D eigenvalue weighted by molar-refractivity contribution is -0.116. The molecule has 1 aromatic heterocycles. The van der Waals surface area contributed by atoms with Crippen molar-refractivity contribution in [2.45, 2.75) is 24.7 Å². The first-order chi connectivity index (χ1) is 9.21. The van der Waals surface area contributed by atoms with E-state index in [1.54, 1.807) is 18.7 Å². The molecule has 0 atom stereocenters. The first-order valence-corrected chi connectivity index (χ1v) is 7.19. The number of hydrogen-bond donors (Lipinski definition) is 1. The Kier molecular flexibility index (Phi) is 4.57. The van der Waals surface area contributed by atoms with Gasteiger partial charge in [-0.15, -0.1) is 16.9 Å². The van der Waals surface area contributed by atoms with Crippen molar-refractivity contribution in [2.75, 3.05) is 11.6 Å². The van der Waals surface area contributed by atoms with Crippen LogP contribution in [0.25, 0.3) is 0 Å². The number of anilines is 1. The number of hydrogen-bond acceptors (Lipinski definition) is 5. The molecule has 1 aromatic carbocycles. The summed E-state index contributed by atoms with van der Waals surface area (Å²) in [6, 6.07) is 8.31. The SMILES string of the molecule is CCC(=O)Nc1nnc(Cc2ccc(SC)cc2)o1. The molecule has 1 heterocycles. The van der Waals surface area contributed by atoms with Crippen LogP contribution in [-0.4, -0.2) is 22.4 Å². The van der Waals surface area contributed by atoms with Crippen LogP contribution in [0.4, 0.5) is 6.01 Å². The van der Waals surface area contributed by atoms with Gasteiger partial charge in [0.25, 0.3) is 0 Å². The fourth-order valence-electron chi connectivity index (χ4n) is 1.50.